The quantitative estimate of drug-likeness (QED) is 0.518. The minimum absolute atomic E-state index is 0.231. The number of aliphatic carboxylic acids is 1. The number of rotatable bonds is 7. The van der Waals surface area contributed by atoms with Gasteiger partial charge in [-0.05, 0) is 35.9 Å². The molecule has 0 aliphatic rings. The van der Waals surface area contributed by atoms with Crippen LogP contribution in [0.15, 0.2) is 53.6 Å². The van der Waals surface area contributed by atoms with Gasteiger partial charge in [0.15, 0.2) is 6.61 Å². The summed E-state index contributed by atoms with van der Waals surface area (Å²) < 4.78 is 5.07. The highest BCUT2D eigenvalue weighted by Crippen LogP contribution is 2.12. The van der Waals surface area contributed by atoms with E-state index in [1.165, 1.54) is 19.2 Å². The van der Waals surface area contributed by atoms with E-state index in [0.717, 1.165) is 0 Å². The van der Waals surface area contributed by atoms with Crippen LogP contribution in [-0.2, 0) is 9.59 Å². The molecule has 0 heterocycles. The van der Waals surface area contributed by atoms with Crippen molar-refractivity contribution in [2.45, 2.75) is 6.92 Å². The molecule has 8 nitrogen and oxygen atoms in total. The Kier molecular flexibility index (Phi) is 6.44. The fourth-order valence-corrected chi connectivity index (χ4v) is 2.00. The summed E-state index contributed by atoms with van der Waals surface area (Å²) in [5, 5.41) is 15.1. The minimum atomic E-state index is -1.07. The first-order valence-corrected chi connectivity index (χ1v) is 7.60. The lowest BCUT2D eigenvalue weighted by Crippen LogP contribution is -2.18. The molecule has 2 aromatic carbocycles. The lowest BCUT2D eigenvalue weighted by atomic mass is 10.2. The molecular formula is C18H17N3O5. The van der Waals surface area contributed by atoms with Crippen LogP contribution in [0.3, 0.4) is 0 Å². The first-order chi connectivity index (χ1) is 12.4. The van der Waals surface area contributed by atoms with E-state index in [4.69, 9.17) is 9.84 Å². The second-order valence-corrected chi connectivity index (χ2v) is 5.22. The molecule has 0 saturated carbocycles. The largest absolute Gasteiger partial charge is 0.482 e. The summed E-state index contributed by atoms with van der Waals surface area (Å²) in [5.41, 5.74) is 3.86. The van der Waals surface area contributed by atoms with Gasteiger partial charge in [0, 0.05) is 18.2 Å². The number of nitrogens with zero attached hydrogens (tertiary/aromatic N) is 1. The fraction of sp³-hybridized carbons (Fsp3) is 0.111. The van der Waals surface area contributed by atoms with Gasteiger partial charge in [-0.1, -0.05) is 18.2 Å². The van der Waals surface area contributed by atoms with Crippen molar-refractivity contribution in [3.63, 3.8) is 0 Å². The fourth-order valence-electron chi connectivity index (χ4n) is 2.00. The smallest absolute Gasteiger partial charge is 0.341 e. The lowest BCUT2D eigenvalue weighted by molar-refractivity contribution is -0.139. The highest BCUT2D eigenvalue weighted by atomic mass is 16.5. The molecule has 0 aromatic heterocycles. The number of hydrazone groups is 1. The van der Waals surface area contributed by atoms with Gasteiger partial charge in [-0.25, -0.2) is 10.2 Å². The molecule has 0 aliphatic carbocycles. The molecule has 134 valence electrons. The van der Waals surface area contributed by atoms with E-state index in [1.807, 2.05) is 0 Å². The Morgan fingerprint density at radius 2 is 1.92 bits per heavy atom. The van der Waals surface area contributed by atoms with Gasteiger partial charge in [-0.2, -0.15) is 5.10 Å². The average Bonchev–Trinajstić information content (AvgIpc) is 2.60. The Balaban J connectivity index is 1.97. The third-order valence-electron chi connectivity index (χ3n) is 3.05. The summed E-state index contributed by atoms with van der Waals surface area (Å²) in [4.78, 5) is 33.6. The van der Waals surface area contributed by atoms with Gasteiger partial charge >= 0.3 is 5.97 Å². The van der Waals surface area contributed by atoms with Crippen LogP contribution in [0.2, 0.25) is 0 Å². The topological polar surface area (TPSA) is 117 Å². The van der Waals surface area contributed by atoms with Crippen molar-refractivity contribution in [1.29, 1.82) is 0 Å². The minimum Gasteiger partial charge on any atom is -0.482 e. The third kappa shape index (κ3) is 6.08. The van der Waals surface area contributed by atoms with Crippen LogP contribution in [0, 0.1) is 0 Å². The molecule has 2 rings (SSSR count). The van der Waals surface area contributed by atoms with Gasteiger partial charge in [-0.15, -0.1) is 0 Å². The lowest BCUT2D eigenvalue weighted by Gasteiger charge is -2.05. The van der Waals surface area contributed by atoms with Crippen LogP contribution in [0.4, 0.5) is 5.69 Å². The normalized spacial score (nSPS) is 10.3. The van der Waals surface area contributed by atoms with E-state index < -0.39 is 18.5 Å². The SMILES string of the molecule is CC(=O)Nc1cccc(C(=O)N/N=C\c2cccc(OCC(=O)O)c2)c1. The van der Waals surface area contributed by atoms with Crippen molar-refractivity contribution in [3.8, 4) is 5.75 Å². The van der Waals surface area contributed by atoms with Gasteiger partial charge in [0.25, 0.3) is 5.91 Å². The van der Waals surface area contributed by atoms with Gasteiger partial charge in [0.05, 0.1) is 6.21 Å². The summed E-state index contributed by atoms with van der Waals surface area (Å²) in [6.07, 6.45) is 1.41. The standard InChI is InChI=1S/C18H17N3O5/c1-12(22)20-15-6-3-5-14(9-15)18(25)21-19-10-13-4-2-7-16(8-13)26-11-17(23)24/h2-10H,11H2,1H3,(H,20,22)(H,21,25)(H,23,24)/b19-10-. The van der Waals surface area contributed by atoms with E-state index in [-0.39, 0.29) is 5.91 Å². The average molecular weight is 355 g/mol. The molecule has 26 heavy (non-hydrogen) atoms. The summed E-state index contributed by atoms with van der Waals surface area (Å²) in [7, 11) is 0. The maximum atomic E-state index is 12.1. The van der Waals surface area contributed by atoms with Crippen LogP contribution in [0.25, 0.3) is 0 Å². The van der Waals surface area contributed by atoms with Crippen LogP contribution in [0.5, 0.6) is 5.75 Å². The number of anilines is 1. The Morgan fingerprint density at radius 3 is 2.65 bits per heavy atom. The first kappa shape index (κ1) is 18.7. The van der Waals surface area contributed by atoms with Crippen LogP contribution in [-0.4, -0.2) is 35.7 Å². The number of amides is 2. The van der Waals surface area contributed by atoms with Crippen LogP contribution < -0.4 is 15.5 Å². The molecule has 3 N–H and O–H groups in total. The Morgan fingerprint density at radius 1 is 1.15 bits per heavy atom. The van der Waals surface area contributed by atoms with Gasteiger partial charge in [-0.3, -0.25) is 9.59 Å². The Bertz CT molecular complexity index is 848. The van der Waals surface area contributed by atoms with E-state index >= 15 is 0 Å². The number of benzene rings is 2. The molecular weight excluding hydrogens is 338 g/mol. The van der Waals surface area contributed by atoms with E-state index in [2.05, 4.69) is 15.8 Å². The molecule has 2 amide bonds. The van der Waals surface area contributed by atoms with Gasteiger partial charge in [0.2, 0.25) is 5.91 Å². The molecule has 0 atom stereocenters. The summed E-state index contributed by atoms with van der Waals surface area (Å²) in [6.45, 7) is 0.938. The molecule has 8 heteroatoms. The number of carbonyl (C=O) groups is 3. The van der Waals surface area contributed by atoms with Crippen molar-refractivity contribution in [3.05, 3.63) is 59.7 Å². The maximum Gasteiger partial charge on any atom is 0.341 e. The predicted octanol–water partition coefficient (Wildman–Crippen LogP) is 1.87. The van der Waals surface area contributed by atoms with Gasteiger partial charge in [0.1, 0.15) is 5.75 Å². The number of nitrogens with one attached hydrogen (secondary N) is 2. The van der Waals surface area contributed by atoms with E-state index in [1.54, 1.807) is 42.5 Å². The molecule has 0 spiro atoms. The van der Waals surface area contributed by atoms with Gasteiger partial charge < -0.3 is 15.2 Å². The molecule has 0 radical (unpaired) electrons. The van der Waals surface area contributed by atoms with Crippen molar-refractivity contribution in [1.82, 2.24) is 5.43 Å². The third-order valence-corrected chi connectivity index (χ3v) is 3.05. The number of carboxylic acid groups (broad SMARTS) is 1. The number of ether oxygens (including phenoxy) is 1. The van der Waals surface area contributed by atoms with Crippen molar-refractivity contribution in [2.75, 3.05) is 11.9 Å². The first-order valence-electron chi connectivity index (χ1n) is 7.60. The van der Waals surface area contributed by atoms with Crippen LogP contribution in [0.1, 0.15) is 22.8 Å². The van der Waals surface area contributed by atoms with Crippen molar-refractivity contribution < 1.29 is 24.2 Å². The second-order valence-electron chi connectivity index (χ2n) is 5.22. The highest BCUT2D eigenvalue weighted by molar-refractivity contribution is 5.97. The molecule has 0 bridgehead atoms. The molecule has 0 fully saturated rings. The van der Waals surface area contributed by atoms with Crippen LogP contribution >= 0.6 is 0 Å². The summed E-state index contributed by atoms with van der Waals surface area (Å²) >= 11 is 0. The zero-order chi connectivity index (χ0) is 18.9. The number of carboxylic acids is 1. The Hall–Kier alpha value is -3.68. The number of hydrogen-bond acceptors (Lipinski definition) is 5. The summed E-state index contributed by atoms with van der Waals surface area (Å²) in [5.74, 6) is -1.36. The molecule has 0 aliphatic heterocycles. The maximum absolute atomic E-state index is 12.1. The molecule has 0 unspecified atom stereocenters. The Labute approximate surface area is 149 Å². The van der Waals surface area contributed by atoms with Crippen molar-refractivity contribution >= 4 is 29.7 Å². The predicted molar refractivity (Wildman–Crippen MR) is 95.4 cm³/mol. The molecule has 2 aromatic rings. The van der Waals surface area contributed by atoms with Crippen molar-refractivity contribution in [2.24, 2.45) is 5.10 Å². The number of carbonyl (C=O) groups excluding carboxylic acids is 2. The number of hydrogen-bond donors (Lipinski definition) is 3. The second kappa shape index (κ2) is 8.97. The van der Waals surface area contributed by atoms with E-state index in [9.17, 15) is 14.4 Å². The highest BCUT2D eigenvalue weighted by Gasteiger charge is 2.06. The van der Waals surface area contributed by atoms with E-state index in [0.29, 0.717) is 22.6 Å². The zero-order valence-corrected chi connectivity index (χ0v) is 13.9. The zero-order valence-electron chi connectivity index (χ0n) is 13.9. The monoisotopic (exact) mass is 355 g/mol. The molecule has 0 saturated heterocycles. The summed E-state index contributed by atoms with van der Waals surface area (Å²) in [6, 6.07) is 13.1.